The van der Waals surface area contributed by atoms with Crippen molar-refractivity contribution < 1.29 is 13.3 Å². The molecule has 1 atom stereocenters. The van der Waals surface area contributed by atoms with Crippen LogP contribution in [0.3, 0.4) is 0 Å². The molecule has 0 amide bonds. The third kappa shape index (κ3) is 3.39. The average Bonchev–Trinajstić information content (AvgIpc) is 3.22. The second kappa shape index (κ2) is 5.70. The summed E-state index contributed by atoms with van der Waals surface area (Å²) in [6, 6.07) is 2.27. The van der Waals surface area contributed by atoms with Crippen molar-refractivity contribution in [1.29, 1.82) is 0 Å². The van der Waals surface area contributed by atoms with Gasteiger partial charge in [0.2, 0.25) is 10.0 Å². The first-order valence-corrected chi connectivity index (χ1v) is 8.22. The summed E-state index contributed by atoms with van der Waals surface area (Å²) in [7, 11) is -3.96. The molecule has 116 valence electrons. The summed E-state index contributed by atoms with van der Waals surface area (Å²) in [5.74, 6) is 0.232. The number of benzene rings is 1. The van der Waals surface area contributed by atoms with Gasteiger partial charge in [-0.1, -0.05) is 0 Å². The van der Waals surface area contributed by atoms with Gasteiger partial charge in [-0.3, -0.25) is 10.1 Å². The van der Waals surface area contributed by atoms with Crippen molar-refractivity contribution >= 4 is 15.7 Å². The molecule has 0 saturated heterocycles. The van der Waals surface area contributed by atoms with Crippen molar-refractivity contribution in [3.63, 3.8) is 0 Å². The van der Waals surface area contributed by atoms with Gasteiger partial charge in [-0.2, -0.15) is 0 Å². The maximum atomic E-state index is 12.5. The molecular weight excluding hydrogens is 294 g/mol. The molecule has 1 aliphatic carbocycles. The lowest BCUT2D eigenvalue weighted by Gasteiger charge is -2.16. The van der Waals surface area contributed by atoms with Gasteiger partial charge in [-0.15, -0.1) is 0 Å². The number of nitro groups is 1. The third-order valence-corrected chi connectivity index (χ3v) is 5.33. The maximum Gasteiger partial charge on any atom is 0.289 e. The van der Waals surface area contributed by atoms with Crippen LogP contribution in [0.1, 0.15) is 24.0 Å². The van der Waals surface area contributed by atoms with Crippen LogP contribution in [0.2, 0.25) is 0 Å². The summed E-state index contributed by atoms with van der Waals surface area (Å²) in [6.45, 7) is 3.61. The summed E-state index contributed by atoms with van der Waals surface area (Å²) in [5, 5.41) is 11.1. The van der Waals surface area contributed by atoms with E-state index in [1.807, 2.05) is 0 Å². The van der Waals surface area contributed by atoms with Gasteiger partial charge >= 0.3 is 0 Å². The van der Waals surface area contributed by atoms with Gasteiger partial charge in [-0.25, -0.2) is 13.1 Å². The summed E-state index contributed by atoms with van der Waals surface area (Å²) in [5.41, 5.74) is 6.55. The first-order valence-electron chi connectivity index (χ1n) is 6.74. The molecule has 0 radical (unpaired) electrons. The topological polar surface area (TPSA) is 115 Å². The molecule has 1 unspecified atom stereocenters. The van der Waals surface area contributed by atoms with E-state index in [4.69, 9.17) is 5.73 Å². The second-order valence-corrected chi connectivity index (χ2v) is 7.14. The monoisotopic (exact) mass is 313 g/mol. The normalized spacial score (nSPS) is 16.7. The molecule has 2 rings (SSSR count). The Morgan fingerprint density at radius 3 is 2.43 bits per heavy atom. The highest BCUT2D eigenvalue weighted by Gasteiger charge is 2.35. The van der Waals surface area contributed by atoms with Crippen LogP contribution < -0.4 is 10.5 Å². The van der Waals surface area contributed by atoms with Gasteiger partial charge in [0.25, 0.3) is 5.69 Å². The van der Waals surface area contributed by atoms with E-state index in [1.54, 1.807) is 13.8 Å². The molecule has 21 heavy (non-hydrogen) atoms. The fraction of sp³-hybridized carbons (Fsp3) is 0.538. The Bertz CT molecular complexity index is 668. The van der Waals surface area contributed by atoms with E-state index in [0.29, 0.717) is 11.1 Å². The fourth-order valence-corrected chi connectivity index (χ4v) is 3.79. The fourth-order valence-electron chi connectivity index (χ4n) is 2.23. The lowest BCUT2D eigenvalue weighted by molar-refractivity contribution is -0.387. The van der Waals surface area contributed by atoms with Crippen LogP contribution in [-0.4, -0.2) is 25.9 Å². The zero-order valence-electron chi connectivity index (χ0n) is 12.0. The van der Waals surface area contributed by atoms with Gasteiger partial charge in [0.1, 0.15) is 0 Å². The number of aryl methyl sites for hydroxylation is 2. The van der Waals surface area contributed by atoms with E-state index in [0.717, 1.165) is 12.8 Å². The van der Waals surface area contributed by atoms with Crippen molar-refractivity contribution in [3.05, 3.63) is 33.4 Å². The Morgan fingerprint density at radius 1 is 1.38 bits per heavy atom. The van der Waals surface area contributed by atoms with E-state index in [-0.39, 0.29) is 23.4 Å². The Hall–Kier alpha value is -1.51. The van der Waals surface area contributed by atoms with Crippen LogP contribution >= 0.6 is 0 Å². The molecule has 8 heteroatoms. The zero-order chi connectivity index (χ0) is 15.8. The zero-order valence-corrected chi connectivity index (χ0v) is 12.8. The molecule has 1 aromatic rings. The summed E-state index contributed by atoms with van der Waals surface area (Å²) in [6.07, 6.45) is 1.86. The van der Waals surface area contributed by atoms with Crippen molar-refractivity contribution in [1.82, 2.24) is 4.72 Å². The predicted molar refractivity (Wildman–Crippen MR) is 78.5 cm³/mol. The lowest BCUT2D eigenvalue weighted by atomic mass is 10.1. The smallest absolute Gasteiger partial charge is 0.289 e. The standard InChI is InChI=1S/C13H19N3O4S/c1-8-5-12(16(17)18)13(6-9(8)2)21(19,20)15-11(7-14)10-3-4-10/h5-6,10-11,15H,3-4,7,14H2,1-2H3. The molecule has 0 spiro atoms. The molecule has 0 heterocycles. The molecule has 3 N–H and O–H groups in total. The number of nitrogens with one attached hydrogen (secondary N) is 1. The van der Waals surface area contributed by atoms with Gasteiger partial charge in [0.15, 0.2) is 4.90 Å². The number of rotatable bonds is 6. The van der Waals surface area contributed by atoms with Crippen LogP contribution in [0.15, 0.2) is 17.0 Å². The molecule has 1 aromatic carbocycles. The number of nitrogens with two attached hydrogens (primary N) is 1. The molecule has 7 nitrogen and oxygen atoms in total. The van der Waals surface area contributed by atoms with Crippen LogP contribution in [0.5, 0.6) is 0 Å². The van der Waals surface area contributed by atoms with E-state index in [1.165, 1.54) is 12.1 Å². The molecule has 0 bridgehead atoms. The summed E-state index contributed by atoms with van der Waals surface area (Å²) < 4.78 is 27.4. The van der Waals surface area contributed by atoms with E-state index >= 15 is 0 Å². The Morgan fingerprint density at radius 2 is 1.95 bits per heavy atom. The van der Waals surface area contributed by atoms with Gasteiger partial charge in [-0.05, 0) is 49.8 Å². The number of hydrogen-bond donors (Lipinski definition) is 2. The highest BCUT2D eigenvalue weighted by atomic mass is 32.2. The van der Waals surface area contributed by atoms with E-state index in [9.17, 15) is 18.5 Å². The Kier molecular flexibility index (Phi) is 4.31. The average molecular weight is 313 g/mol. The number of hydrogen-bond acceptors (Lipinski definition) is 5. The molecule has 1 fully saturated rings. The van der Waals surface area contributed by atoms with E-state index < -0.39 is 20.6 Å². The van der Waals surface area contributed by atoms with Crippen LogP contribution in [0, 0.1) is 29.9 Å². The van der Waals surface area contributed by atoms with Crippen molar-refractivity contribution in [2.75, 3.05) is 6.54 Å². The van der Waals surface area contributed by atoms with Crippen LogP contribution in [-0.2, 0) is 10.0 Å². The van der Waals surface area contributed by atoms with Crippen LogP contribution in [0.25, 0.3) is 0 Å². The molecule has 0 aromatic heterocycles. The molecule has 1 aliphatic rings. The first kappa shape index (κ1) is 15.9. The van der Waals surface area contributed by atoms with Crippen molar-refractivity contribution in [3.8, 4) is 0 Å². The Labute approximate surface area is 123 Å². The number of nitro benzene ring substituents is 1. The van der Waals surface area contributed by atoms with Crippen molar-refractivity contribution in [2.45, 2.75) is 37.6 Å². The van der Waals surface area contributed by atoms with Gasteiger partial charge in [0.05, 0.1) is 4.92 Å². The molecular formula is C13H19N3O4S. The lowest BCUT2D eigenvalue weighted by Crippen LogP contribution is -2.41. The quantitative estimate of drug-likeness (QED) is 0.605. The number of nitrogens with zero attached hydrogens (tertiary/aromatic N) is 1. The highest BCUT2D eigenvalue weighted by molar-refractivity contribution is 7.89. The van der Waals surface area contributed by atoms with E-state index in [2.05, 4.69) is 4.72 Å². The first-order chi connectivity index (χ1) is 9.76. The largest absolute Gasteiger partial charge is 0.329 e. The predicted octanol–water partition coefficient (Wildman–Crippen LogP) is 1.23. The maximum absolute atomic E-state index is 12.5. The van der Waals surface area contributed by atoms with Crippen molar-refractivity contribution in [2.24, 2.45) is 11.7 Å². The summed E-state index contributed by atoms with van der Waals surface area (Å²) >= 11 is 0. The summed E-state index contributed by atoms with van der Waals surface area (Å²) in [4.78, 5) is 10.2. The SMILES string of the molecule is Cc1cc([N+](=O)[O-])c(S(=O)(=O)NC(CN)C2CC2)cc1C. The van der Waals surface area contributed by atoms with Crippen LogP contribution in [0.4, 0.5) is 5.69 Å². The second-order valence-electron chi connectivity index (χ2n) is 5.46. The minimum atomic E-state index is -3.96. The van der Waals surface area contributed by atoms with Gasteiger partial charge in [0, 0.05) is 18.7 Å². The Balaban J connectivity index is 2.43. The highest BCUT2D eigenvalue weighted by Crippen LogP contribution is 2.34. The molecule has 1 saturated carbocycles. The number of sulfonamides is 1. The minimum absolute atomic E-state index is 0.183. The van der Waals surface area contributed by atoms with Gasteiger partial charge < -0.3 is 5.73 Å². The molecule has 0 aliphatic heterocycles. The third-order valence-electron chi connectivity index (χ3n) is 3.81. The minimum Gasteiger partial charge on any atom is -0.329 e.